The normalized spacial score (nSPS) is 12.5. The first-order chi connectivity index (χ1) is 12.2. The van der Waals surface area contributed by atoms with Gasteiger partial charge in [-0.05, 0) is 42.3 Å². The smallest absolute Gasteiger partial charge is 0.352 e. The van der Waals surface area contributed by atoms with Gasteiger partial charge in [-0.3, -0.25) is 0 Å². The lowest BCUT2D eigenvalue weighted by Crippen LogP contribution is -1.98. The molecule has 2 aromatic carbocycles. The molecule has 1 aliphatic heterocycles. The summed E-state index contributed by atoms with van der Waals surface area (Å²) >= 11 is 0. The van der Waals surface area contributed by atoms with Crippen LogP contribution in [0.25, 0.3) is 22.0 Å². The van der Waals surface area contributed by atoms with Gasteiger partial charge in [-0.2, -0.15) is 0 Å². The second kappa shape index (κ2) is 6.05. The molecule has 2 heterocycles. The van der Waals surface area contributed by atoms with Crippen LogP contribution in [0.2, 0.25) is 0 Å². The van der Waals surface area contributed by atoms with Gasteiger partial charge in [0.25, 0.3) is 0 Å². The average molecular weight is 339 g/mol. The molecule has 0 unspecified atom stereocenters. The number of rotatable bonds is 5. The van der Waals surface area contributed by atoms with E-state index in [4.69, 9.17) is 14.2 Å². The van der Waals surface area contributed by atoms with Gasteiger partial charge >= 0.3 is 5.97 Å². The van der Waals surface area contributed by atoms with Crippen molar-refractivity contribution in [3.8, 4) is 28.4 Å². The molecule has 0 saturated heterocycles. The zero-order valence-corrected chi connectivity index (χ0v) is 13.7. The maximum atomic E-state index is 11.7. The topological polar surface area (TPSA) is 80.8 Å². The molecule has 3 aromatic rings. The Bertz CT molecular complexity index is 960. The highest BCUT2D eigenvalue weighted by Gasteiger charge is 2.22. The molecule has 1 aliphatic rings. The molecular formula is C19H17NO5. The summed E-state index contributed by atoms with van der Waals surface area (Å²) in [7, 11) is 0. The van der Waals surface area contributed by atoms with Gasteiger partial charge in [0.1, 0.15) is 11.4 Å². The third-order valence-electron chi connectivity index (χ3n) is 4.12. The fraction of sp³-hybridized carbons (Fsp3) is 0.211. The maximum absolute atomic E-state index is 11.7. The Morgan fingerprint density at radius 2 is 2.04 bits per heavy atom. The van der Waals surface area contributed by atoms with Gasteiger partial charge in [-0.1, -0.05) is 13.0 Å². The first kappa shape index (κ1) is 15.4. The number of nitrogens with one attached hydrogen (secondary N) is 1. The van der Waals surface area contributed by atoms with Gasteiger partial charge in [-0.15, -0.1) is 0 Å². The Labute approximate surface area is 143 Å². The lowest BCUT2D eigenvalue weighted by molar-refractivity contribution is 0.0692. The van der Waals surface area contributed by atoms with Crippen LogP contribution in [0, 0.1) is 0 Å². The molecule has 0 aliphatic carbocycles. The van der Waals surface area contributed by atoms with E-state index in [0.717, 1.165) is 22.9 Å². The summed E-state index contributed by atoms with van der Waals surface area (Å²) in [5.74, 6) is 0.973. The van der Waals surface area contributed by atoms with Crippen LogP contribution >= 0.6 is 0 Å². The summed E-state index contributed by atoms with van der Waals surface area (Å²) in [6, 6.07) is 11.0. The quantitative estimate of drug-likeness (QED) is 0.733. The van der Waals surface area contributed by atoms with Crippen molar-refractivity contribution in [1.29, 1.82) is 0 Å². The highest BCUT2D eigenvalue weighted by atomic mass is 16.7. The molecule has 0 spiro atoms. The Hall–Kier alpha value is -3.15. The average Bonchev–Trinajstić information content (AvgIpc) is 3.22. The lowest BCUT2D eigenvalue weighted by atomic mass is 10.0. The minimum absolute atomic E-state index is 0.140. The van der Waals surface area contributed by atoms with Crippen molar-refractivity contribution in [3.63, 3.8) is 0 Å². The van der Waals surface area contributed by atoms with E-state index in [1.165, 1.54) is 0 Å². The van der Waals surface area contributed by atoms with Crippen LogP contribution < -0.4 is 14.2 Å². The van der Waals surface area contributed by atoms with Crippen molar-refractivity contribution in [2.45, 2.75) is 13.3 Å². The van der Waals surface area contributed by atoms with Crippen LogP contribution in [-0.4, -0.2) is 29.5 Å². The number of carboxylic acids is 1. The maximum Gasteiger partial charge on any atom is 0.352 e. The number of aromatic carboxylic acids is 1. The largest absolute Gasteiger partial charge is 0.494 e. The molecule has 25 heavy (non-hydrogen) atoms. The molecule has 0 saturated carbocycles. The Morgan fingerprint density at radius 3 is 2.84 bits per heavy atom. The molecule has 128 valence electrons. The number of H-pyrrole nitrogens is 1. The number of benzene rings is 2. The Balaban J connectivity index is 1.90. The molecule has 6 heteroatoms. The summed E-state index contributed by atoms with van der Waals surface area (Å²) in [5, 5.41) is 10.4. The number of hydrogen-bond acceptors (Lipinski definition) is 4. The van der Waals surface area contributed by atoms with Gasteiger partial charge in [-0.25, -0.2) is 4.79 Å². The molecule has 0 radical (unpaired) electrons. The molecule has 6 nitrogen and oxygen atoms in total. The van der Waals surface area contributed by atoms with Gasteiger partial charge in [0.15, 0.2) is 11.5 Å². The van der Waals surface area contributed by atoms with Crippen LogP contribution in [0.4, 0.5) is 0 Å². The van der Waals surface area contributed by atoms with Gasteiger partial charge < -0.3 is 24.3 Å². The Morgan fingerprint density at radius 1 is 1.20 bits per heavy atom. The number of carboxylic acid groups (broad SMARTS) is 1. The zero-order chi connectivity index (χ0) is 17.4. The first-order valence-electron chi connectivity index (χ1n) is 8.09. The zero-order valence-electron chi connectivity index (χ0n) is 13.7. The molecule has 0 amide bonds. The fourth-order valence-electron chi connectivity index (χ4n) is 2.99. The van der Waals surface area contributed by atoms with Gasteiger partial charge in [0, 0.05) is 16.5 Å². The van der Waals surface area contributed by atoms with Crippen molar-refractivity contribution in [3.05, 3.63) is 42.1 Å². The van der Waals surface area contributed by atoms with Crippen LogP contribution in [0.3, 0.4) is 0 Å². The first-order valence-corrected chi connectivity index (χ1v) is 8.09. The highest BCUT2D eigenvalue weighted by molar-refractivity contribution is 6.08. The van der Waals surface area contributed by atoms with Gasteiger partial charge in [0.05, 0.1) is 6.61 Å². The summed E-state index contributed by atoms with van der Waals surface area (Å²) < 4.78 is 16.4. The standard InChI is InChI=1S/C19H17NO5/c1-2-7-23-12-4-5-14-13(9-12)17(18(20-14)19(21)22)11-3-6-15-16(8-11)25-10-24-15/h3-6,8-9,20H,2,7,10H2,1H3,(H,21,22). The fourth-order valence-corrected chi connectivity index (χ4v) is 2.99. The van der Waals surface area contributed by atoms with Crippen molar-refractivity contribution < 1.29 is 24.1 Å². The van der Waals surface area contributed by atoms with Crippen LogP contribution in [0.5, 0.6) is 17.2 Å². The number of aromatic amines is 1. The lowest BCUT2D eigenvalue weighted by Gasteiger charge is -2.07. The number of carbonyl (C=O) groups is 1. The molecule has 0 atom stereocenters. The van der Waals surface area contributed by atoms with Crippen molar-refractivity contribution >= 4 is 16.9 Å². The van der Waals surface area contributed by atoms with E-state index < -0.39 is 5.97 Å². The molecule has 1 aromatic heterocycles. The number of hydrogen-bond donors (Lipinski definition) is 2. The summed E-state index contributed by atoms with van der Waals surface area (Å²) in [4.78, 5) is 14.7. The number of ether oxygens (including phenoxy) is 3. The third kappa shape index (κ3) is 2.65. The van der Waals surface area contributed by atoms with Gasteiger partial charge in [0.2, 0.25) is 6.79 Å². The summed E-state index contributed by atoms with van der Waals surface area (Å²) in [5.41, 5.74) is 2.25. The van der Waals surface area contributed by atoms with E-state index in [0.29, 0.717) is 29.4 Å². The molecular weight excluding hydrogens is 322 g/mol. The Kier molecular flexibility index (Phi) is 3.72. The third-order valence-corrected chi connectivity index (χ3v) is 4.12. The van der Waals surface area contributed by atoms with E-state index in [-0.39, 0.29) is 12.5 Å². The molecule has 0 fully saturated rings. The predicted molar refractivity (Wildman–Crippen MR) is 92.6 cm³/mol. The van der Waals surface area contributed by atoms with Crippen molar-refractivity contribution in [2.24, 2.45) is 0 Å². The highest BCUT2D eigenvalue weighted by Crippen LogP contribution is 2.40. The van der Waals surface area contributed by atoms with E-state index in [2.05, 4.69) is 4.98 Å². The second-order valence-corrected chi connectivity index (χ2v) is 5.80. The summed E-state index contributed by atoms with van der Waals surface area (Å²) in [6.07, 6.45) is 0.903. The molecule has 2 N–H and O–H groups in total. The predicted octanol–water partition coefficient (Wildman–Crippen LogP) is 4.05. The molecule has 0 bridgehead atoms. The van der Waals surface area contributed by atoms with E-state index in [1.54, 1.807) is 12.1 Å². The SMILES string of the molecule is CCCOc1ccc2[nH]c(C(=O)O)c(-c3ccc4c(c3)OCO4)c2c1. The monoisotopic (exact) mass is 339 g/mol. The van der Waals surface area contributed by atoms with Crippen LogP contribution in [-0.2, 0) is 0 Å². The minimum Gasteiger partial charge on any atom is -0.494 e. The number of aromatic nitrogens is 1. The van der Waals surface area contributed by atoms with Crippen molar-refractivity contribution in [1.82, 2.24) is 4.98 Å². The van der Waals surface area contributed by atoms with Crippen molar-refractivity contribution in [2.75, 3.05) is 13.4 Å². The van der Waals surface area contributed by atoms with Crippen LogP contribution in [0.1, 0.15) is 23.8 Å². The van der Waals surface area contributed by atoms with E-state index in [9.17, 15) is 9.90 Å². The van der Waals surface area contributed by atoms with E-state index in [1.807, 2.05) is 31.2 Å². The molecule has 4 rings (SSSR count). The number of fused-ring (bicyclic) bond motifs is 2. The van der Waals surface area contributed by atoms with Crippen LogP contribution in [0.15, 0.2) is 36.4 Å². The van der Waals surface area contributed by atoms with E-state index >= 15 is 0 Å². The minimum atomic E-state index is -1.01. The second-order valence-electron chi connectivity index (χ2n) is 5.80. The summed E-state index contributed by atoms with van der Waals surface area (Å²) in [6.45, 7) is 2.82.